The van der Waals surface area contributed by atoms with Gasteiger partial charge in [-0.05, 0) is 13.8 Å². The molecule has 0 saturated heterocycles. The number of rotatable bonds is 7. The van der Waals surface area contributed by atoms with Gasteiger partial charge in [-0.3, -0.25) is 4.79 Å². The Morgan fingerprint density at radius 1 is 1.61 bits per heavy atom. The first-order chi connectivity index (χ1) is 8.51. The third-order valence-electron chi connectivity index (χ3n) is 2.08. The standard InChI is InChI=1S/C11H17ClN4O2/c1-3-18-6-11-15-8(12)5-10(16-11)14-7(2)4-9(13)17/h5,7H,3-4,6H2,1-2H3,(H2,13,17)(H,14,15,16). The number of carbonyl (C=O) groups excluding carboxylic acids is 1. The summed E-state index contributed by atoms with van der Waals surface area (Å²) in [4.78, 5) is 19.1. The summed E-state index contributed by atoms with van der Waals surface area (Å²) < 4.78 is 5.21. The Morgan fingerprint density at radius 2 is 2.33 bits per heavy atom. The van der Waals surface area contributed by atoms with Crippen LogP contribution in [0.1, 0.15) is 26.1 Å². The van der Waals surface area contributed by atoms with E-state index in [0.717, 1.165) is 0 Å². The second kappa shape index (κ2) is 7.13. The van der Waals surface area contributed by atoms with Crippen molar-refractivity contribution in [3.63, 3.8) is 0 Å². The zero-order chi connectivity index (χ0) is 13.5. The molecule has 0 aliphatic heterocycles. The molecule has 0 saturated carbocycles. The van der Waals surface area contributed by atoms with Crippen LogP contribution in [0.5, 0.6) is 0 Å². The number of aromatic nitrogens is 2. The van der Waals surface area contributed by atoms with E-state index in [1.807, 2.05) is 13.8 Å². The number of nitrogens with zero attached hydrogens (tertiary/aromatic N) is 2. The summed E-state index contributed by atoms with van der Waals surface area (Å²) in [5.74, 6) is 0.682. The number of amides is 1. The first-order valence-corrected chi connectivity index (χ1v) is 6.05. The van der Waals surface area contributed by atoms with Crippen molar-refractivity contribution in [2.45, 2.75) is 32.9 Å². The van der Waals surface area contributed by atoms with Crippen molar-refractivity contribution < 1.29 is 9.53 Å². The lowest BCUT2D eigenvalue weighted by Crippen LogP contribution is -2.24. The van der Waals surface area contributed by atoms with Crippen LogP contribution in [0.15, 0.2) is 6.07 Å². The van der Waals surface area contributed by atoms with E-state index in [9.17, 15) is 4.79 Å². The second-order valence-corrected chi connectivity index (χ2v) is 4.23. The number of nitrogens with two attached hydrogens (primary N) is 1. The summed E-state index contributed by atoms with van der Waals surface area (Å²) in [5, 5.41) is 3.37. The van der Waals surface area contributed by atoms with Gasteiger partial charge in [-0.25, -0.2) is 9.97 Å². The normalized spacial score (nSPS) is 12.2. The maximum Gasteiger partial charge on any atom is 0.219 e. The second-order valence-electron chi connectivity index (χ2n) is 3.85. The maximum atomic E-state index is 10.8. The van der Waals surface area contributed by atoms with E-state index in [1.54, 1.807) is 6.07 Å². The topological polar surface area (TPSA) is 90.1 Å². The van der Waals surface area contributed by atoms with Crippen LogP contribution < -0.4 is 11.1 Å². The van der Waals surface area contributed by atoms with Gasteiger partial charge in [-0.1, -0.05) is 11.6 Å². The molecular weight excluding hydrogens is 256 g/mol. The first-order valence-electron chi connectivity index (χ1n) is 5.67. The van der Waals surface area contributed by atoms with Gasteiger partial charge in [-0.2, -0.15) is 0 Å². The van der Waals surface area contributed by atoms with Crippen LogP contribution in [0.25, 0.3) is 0 Å². The van der Waals surface area contributed by atoms with Crippen molar-refractivity contribution in [2.75, 3.05) is 11.9 Å². The predicted molar refractivity (Wildman–Crippen MR) is 69.3 cm³/mol. The smallest absolute Gasteiger partial charge is 0.219 e. The Balaban J connectivity index is 2.69. The molecular formula is C11H17ClN4O2. The highest BCUT2D eigenvalue weighted by Gasteiger charge is 2.09. The molecule has 1 aromatic heterocycles. The van der Waals surface area contributed by atoms with E-state index in [-0.39, 0.29) is 18.4 Å². The minimum Gasteiger partial charge on any atom is -0.374 e. The molecule has 7 heteroatoms. The van der Waals surface area contributed by atoms with Crippen LogP contribution >= 0.6 is 11.6 Å². The molecule has 100 valence electrons. The van der Waals surface area contributed by atoms with E-state index < -0.39 is 0 Å². The number of anilines is 1. The van der Waals surface area contributed by atoms with Gasteiger partial charge >= 0.3 is 0 Å². The number of nitrogens with one attached hydrogen (secondary N) is 1. The fourth-order valence-corrected chi connectivity index (χ4v) is 1.60. The van der Waals surface area contributed by atoms with Crippen molar-refractivity contribution in [3.05, 3.63) is 17.0 Å². The lowest BCUT2D eigenvalue weighted by atomic mass is 10.2. The van der Waals surface area contributed by atoms with Gasteiger partial charge in [0.25, 0.3) is 0 Å². The molecule has 1 atom stereocenters. The quantitative estimate of drug-likeness (QED) is 0.731. The molecule has 0 spiro atoms. The molecule has 1 rings (SSSR count). The maximum absolute atomic E-state index is 10.8. The van der Waals surface area contributed by atoms with E-state index in [0.29, 0.717) is 30.0 Å². The number of halogens is 1. The van der Waals surface area contributed by atoms with Gasteiger partial charge in [0.1, 0.15) is 17.6 Å². The summed E-state index contributed by atoms with van der Waals surface area (Å²) in [6, 6.07) is 1.47. The molecule has 1 amide bonds. The van der Waals surface area contributed by atoms with Crippen molar-refractivity contribution in [1.29, 1.82) is 0 Å². The lowest BCUT2D eigenvalue weighted by molar-refractivity contribution is -0.118. The molecule has 1 aromatic rings. The molecule has 0 fully saturated rings. The average Bonchev–Trinajstić information content (AvgIpc) is 2.24. The number of hydrogen-bond donors (Lipinski definition) is 2. The minimum atomic E-state index is -0.371. The highest BCUT2D eigenvalue weighted by atomic mass is 35.5. The molecule has 3 N–H and O–H groups in total. The molecule has 0 aromatic carbocycles. The number of carbonyl (C=O) groups is 1. The Morgan fingerprint density at radius 3 is 2.94 bits per heavy atom. The Kier molecular flexibility index (Phi) is 5.80. The molecule has 0 aliphatic rings. The largest absolute Gasteiger partial charge is 0.374 e. The van der Waals surface area contributed by atoms with Gasteiger partial charge in [-0.15, -0.1) is 0 Å². The fraction of sp³-hybridized carbons (Fsp3) is 0.545. The van der Waals surface area contributed by atoms with Gasteiger partial charge in [0.2, 0.25) is 5.91 Å². The molecule has 0 radical (unpaired) electrons. The Labute approximate surface area is 111 Å². The first kappa shape index (κ1) is 14.7. The molecule has 6 nitrogen and oxygen atoms in total. The molecule has 0 bridgehead atoms. The number of hydrogen-bond acceptors (Lipinski definition) is 5. The predicted octanol–water partition coefficient (Wildman–Crippen LogP) is 1.34. The summed E-state index contributed by atoms with van der Waals surface area (Å²) in [7, 11) is 0. The highest BCUT2D eigenvalue weighted by molar-refractivity contribution is 6.29. The lowest BCUT2D eigenvalue weighted by Gasteiger charge is -2.13. The van der Waals surface area contributed by atoms with Crippen LogP contribution in [-0.2, 0) is 16.1 Å². The summed E-state index contributed by atoms with van der Waals surface area (Å²) >= 11 is 5.88. The van der Waals surface area contributed by atoms with Gasteiger partial charge < -0.3 is 15.8 Å². The molecule has 1 heterocycles. The Bertz CT molecular complexity index is 414. The zero-order valence-corrected chi connectivity index (χ0v) is 11.2. The highest BCUT2D eigenvalue weighted by Crippen LogP contribution is 2.13. The van der Waals surface area contributed by atoms with Gasteiger partial charge in [0.05, 0.1) is 0 Å². The van der Waals surface area contributed by atoms with E-state index in [1.165, 1.54) is 0 Å². The van der Waals surface area contributed by atoms with Crippen molar-refractivity contribution in [1.82, 2.24) is 9.97 Å². The van der Waals surface area contributed by atoms with Crippen molar-refractivity contribution in [2.24, 2.45) is 5.73 Å². The van der Waals surface area contributed by atoms with Crippen LogP contribution in [0.3, 0.4) is 0 Å². The fourth-order valence-electron chi connectivity index (χ4n) is 1.40. The third-order valence-corrected chi connectivity index (χ3v) is 2.27. The van der Waals surface area contributed by atoms with Crippen LogP contribution in [0, 0.1) is 0 Å². The molecule has 0 aliphatic carbocycles. The monoisotopic (exact) mass is 272 g/mol. The van der Waals surface area contributed by atoms with Crippen molar-refractivity contribution in [3.8, 4) is 0 Å². The van der Waals surface area contributed by atoms with E-state index in [4.69, 9.17) is 22.1 Å². The average molecular weight is 273 g/mol. The SMILES string of the molecule is CCOCc1nc(Cl)cc(NC(C)CC(N)=O)n1. The number of primary amides is 1. The van der Waals surface area contributed by atoms with E-state index in [2.05, 4.69) is 15.3 Å². The van der Waals surface area contributed by atoms with Gasteiger partial charge in [0.15, 0.2) is 5.82 Å². The van der Waals surface area contributed by atoms with Crippen LogP contribution in [0.4, 0.5) is 5.82 Å². The zero-order valence-electron chi connectivity index (χ0n) is 10.4. The van der Waals surface area contributed by atoms with Gasteiger partial charge in [0, 0.05) is 25.1 Å². The van der Waals surface area contributed by atoms with E-state index >= 15 is 0 Å². The van der Waals surface area contributed by atoms with Crippen molar-refractivity contribution >= 4 is 23.3 Å². The Hall–Kier alpha value is -1.40. The number of ether oxygens (including phenoxy) is 1. The third kappa shape index (κ3) is 5.29. The van der Waals surface area contributed by atoms with Crippen LogP contribution in [0.2, 0.25) is 5.15 Å². The molecule has 1 unspecified atom stereocenters. The minimum absolute atomic E-state index is 0.117. The van der Waals surface area contributed by atoms with Crippen LogP contribution in [-0.4, -0.2) is 28.5 Å². The summed E-state index contributed by atoms with van der Waals surface area (Å²) in [5.41, 5.74) is 5.11. The summed E-state index contributed by atoms with van der Waals surface area (Å²) in [6.45, 7) is 4.61. The molecule has 18 heavy (non-hydrogen) atoms. The summed E-state index contributed by atoms with van der Waals surface area (Å²) in [6.07, 6.45) is 0.225.